The topological polar surface area (TPSA) is 112 Å². The van der Waals surface area contributed by atoms with Gasteiger partial charge in [0.15, 0.2) is 17.5 Å². The van der Waals surface area contributed by atoms with Crippen molar-refractivity contribution < 1.29 is 13.6 Å². The number of carbonyl (C=O) groups excluding carboxylic acids is 1. The summed E-state index contributed by atoms with van der Waals surface area (Å²) in [7, 11) is 0. The molecular weight excluding hydrogens is 378 g/mol. The molecule has 2 aromatic carbocycles. The minimum atomic E-state index is -0.936. The molecular formula is C20H18F2N6O. The zero-order valence-electron chi connectivity index (χ0n) is 15.3. The number of aromatic amines is 2. The van der Waals surface area contributed by atoms with E-state index in [1.54, 1.807) is 18.2 Å². The monoisotopic (exact) mass is 396 g/mol. The Hall–Kier alpha value is -3.59. The van der Waals surface area contributed by atoms with Gasteiger partial charge in [-0.25, -0.2) is 13.8 Å². The average Bonchev–Trinajstić information content (AvgIpc) is 3.36. The van der Waals surface area contributed by atoms with Crippen molar-refractivity contribution in [3.8, 4) is 22.8 Å². The normalized spacial score (nSPS) is 11.1. The highest BCUT2D eigenvalue weighted by molar-refractivity contribution is 6.01. The lowest BCUT2D eigenvalue weighted by atomic mass is 10.1. The Kier molecular flexibility index (Phi) is 5.05. The first kappa shape index (κ1) is 18.8. The first-order chi connectivity index (χ1) is 14.1. The largest absolute Gasteiger partial charge is 0.352 e. The maximum atomic E-state index is 13.5. The van der Waals surface area contributed by atoms with Gasteiger partial charge in [-0.3, -0.25) is 9.89 Å². The predicted octanol–water partition coefficient (Wildman–Crippen LogP) is 2.98. The summed E-state index contributed by atoms with van der Waals surface area (Å²) in [6.07, 6.45) is 2.22. The molecule has 1 amide bonds. The Morgan fingerprint density at radius 1 is 1.14 bits per heavy atom. The third kappa shape index (κ3) is 3.72. The fourth-order valence-corrected chi connectivity index (χ4v) is 2.99. The van der Waals surface area contributed by atoms with Gasteiger partial charge in [0.2, 0.25) is 0 Å². The smallest absolute Gasteiger partial charge is 0.251 e. The van der Waals surface area contributed by atoms with E-state index in [9.17, 15) is 13.6 Å². The van der Waals surface area contributed by atoms with Crippen LogP contribution in [-0.2, 0) is 0 Å². The van der Waals surface area contributed by atoms with Crippen LogP contribution in [0.5, 0.6) is 0 Å². The second-order valence-electron chi connectivity index (χ2n) is 6.51. The Balaban J connectivity index is 1.66. The number of nitrogens with one attached hydrogen (secondary N) is 3. The molecule has 0 unspecified atom stereocenters. The van der Waals surface area contributed by atoms with Crippen LogP contribution in [0.15, 0.2) is 42.6 Å². The van der Waals surface area contributed by atoms with Crippen molar-refractivity contribution in [2.24, 2.45) is 5.73 Å². The number of imidazole rings is 1. The quantitative estimate of drug-likeness (QED) is 0.375. The van der Waals surface area contributed by atoms with E-state index in [4.69, 9.17) is 5.73 Å². The molecule has 0 aliphatic heterocycles. The number of hydrogen-bond acceptors (Lipinski definition) is 4. The first-order valence-electron chi connectivity index (χ1n) is 9.04. The Labute approximate surface area is 164 Å². The number of carbonyl (C=O) groups is 1. The van der Waals surface area contributed by atoms with Gasteiger partial charge in [-0.2, -0.15) is 5.10 Å². The van der Waals surface area contributed by atoms with Gasteiger partial charge in [-0.15, -0.1) is 0 Å². The molecule has 0 saturated heterocycles. The number of rotatable bonds is 6. The van der Waals surface area contributed by atoms with Crippen molar-refractivity contribution in [3.05, 3.63) is 59.8 Å². The van der Waals surface area contributed by atoms with E-state index in [2.05, 4.69) is 25.5 Å². The highest BCUT2D eigenvalue weighted by atomic mass is 19.2. The van der Waals surface area contributed by atoms with Gasteiger partial charge >= 0.3 is 0 Å². The van der Waals surface area contributed by atoms with Crippen molar-refractivity contribution in [1.29, 1.82) is 0 Å². The van der Waals surface area contributed by atoms with Crippen LogP contribution in [0.2, 0.25) is 0 Å². The number of nitrogens with zero attached hydrogens (tertiary/aromatic N) is 2. The van der Waals surface area contributed by atoms with Crippen LogP contribution in [0.4, 0.5) is 8.78 Å². The lowest BCUT2D eigenvalue weighted by Crippen LogP contribution is -2.25. The van der Waals surface area contributed by atoms with Crippen LogP contribution in [-0.4, -0.2) is 39.2 Å². The highest BCUT2D eigenvalue weighted by Crippen LogP contribution is 2.28. The Morgan fingerprint density at radius 3 is 2.79 bits per heavy atom. The molecule has 0 spiro atoms. The van der Waals surface area contributed by atoms with E-state index < -0.39 is 11.6 Å². The van der Waals surface area contributed by atoms with E-state index in [0.717, 1.165) is 17.6 Å². The van der Waals surface area contributed by atoms with E-state index in [-0.39, 0.29) is 5.91 Å². The van der Waals surface area contributed by atoms with Crippen LogP contribution in [0.1, 0.15) is 16.8 Å². The number of halogens is 2. The van der Waals surface area contributed by atoms with Crippen molar-refractivity contribution in [1.82, 2.24) is 25.5 Å². The molecule has 0 radical (unpaired) electrons. The van der Waals surface area contributed by atoms with Gasteiger partial charge in [0.25, 0.3) is 5.91 Å². The van der Waals surface area contributed by atoms with Crippen molar-refractivity contribution in [2.45, 2.75) is 6.42 Å². The fourth-order valence-electron chi connectivity index (χ4n) is 2.99. The van der Waals surface area contributed by atoms with Gasteiger partial charge < -0.3 is 16.0 Å². The zero-order valence-corrected chi connectivity index (χ0v) is 15.3. The molecule has 4 rings (SSSR count). The Morgan fingerprint density at radius 2 is 2.00 bits per heavy atom. The summed E-state index contributed by atoms with van der Waals surface area (Å²) < 4.78 is 26.7. The van der Waals surface area contributed by atoms with Crippen LogP contribution >= 0.6 is 0 Å². The molecule has 2 aromatic heterocycles. The summed E-state index contributed by atoms with van der Waals surface area (Å²) in [6, 6.07) is 8.82. The predicted molar refractivity (Wildman–Crippen MR) is 105 cm³/mol. The number of H-pyrrole nitrogens is 2. The maximum absolute atomic E-state index is 13.5. The molecule has 4 aromatic rings. The van der Waals surface area contributed by atoms with Gasteiger partial charge in [0.05, 0.1) is 17.4 Å². The maximum Gasteiger partial charge on any atom is 0.251 e. The molecule has 7 nitrogen and oxygen atoms in total. The molecule has 5 N–H and O–H groups in total. The summed E-state index contributed by atoms with van der Waals surface area (Å²) in [6.45, 7) is 1.01. The molecule has 2 heterocycles. The highest BCUT2D eigenvalue weighted by Gasteiger charge is 2.15. The van der Waals surface area contributed by atoms with Gasteiger partial charge in [0.1, 0.15) is 5.69 Å². The molecule has 0 atom stereocenters. The van der Waals surface area contributed by atoms with E-state index in [1.807, 2.05) is 0 Å². The lowest BCUT2D eigenvalue weighted by Gasteiger charge is -2.04. The first-order valence-corrected chi connectivity index (χ1v) is 9.04. The summed E-state index contributed by atoms with van der Waals surface area (Å²) in [5.74, 6) is -1.61. The summed E-state index contributed by atoms with van der Waals surface area (Å²) in [5.41, 5.74) is 8.17. The molecule has 0 saturated carbocycles. The van der Waals surface area contributed by atoms with E-state index in [1.165, 1.54) is 12.3 Å². The summed E-state index contributed by atoms with van der Waals surface area (Å²) in [5, 5.41) is 10.7. The van der Waals surface area contributed by atoms with Crippen LogP contribution in [0.25, 0.3) is 33.7 Å². The Bertz CT molecular complexity index is 1180. The molecule has 9 heteroatoms. The van der Waals surface area contributed by atoms with E-state index in [0.29, 0.717) is 53.2 Å². The van der Waals surface area contributed by atoms with Crippen molar-refractivity contribution in [3.63, 3.8) is 0 Å². The SMILES string of the molecule is NCCCNC(=O)c1ccc2[nH]nc(-c3ncc(-c4ccc(F)c(F)c4)[nH]3)c2c1. The second kappa shape index (κ2) is 7.80. The zero-order chi connectivity index (χ0) is 20.4. The molecule has 0 bridgehead atoms. The van der Waals surface area contributed by atoms with Crippen molar-refractivity contribution in [2.75, 3.05) is 13.1 Å². The number of amides is 1. The van der Waals surface area contributed by atoms with Crippen LogP contribution in [0, 0.1) is 11.6 Å². The molecule has 0 aliphatic rings. The van der Waals surface area contributed by atoms with Gasteiger partial charge in [0, 0.05) is 23.1 Å². The van der Waals surface area contributed by atoms with Gasteiger partial charge in [-0.05, 0) is 49.4 Å². The van der Waals surface area contributed by atoms with Gasteiger partial charge in [-0.1, -0.05) is 0 Å². The minimum absolute atomic E-state index is 0.200. The number of nitrogens with two attached hydrogens (primary N) is 1. The molecule has 0 fully saturated rings. The summed E-state index contributed by atoms with van der Waals surface area (Å²) in [4.78, 5) is 19.7. The number of fused-ring (bicyclic) bond motifs is 1. The molecule has 148 valence electrons. The standard InChI is InChI=1S/C20H18F2N6O/c21-14-4-2-11(9-15(14)22)17-10-25-19(26-17)18-13-8-12(3-5-16(13)27-28-18)20(29)24-7-1-6-23/h2-5,8-10H,1,6-7,23H2,(H,24,29)(H,25,26)(H,27,28). The van der Waals surface area contributed by atoms with Crippen LogP contribution < -0.4 is 11.1 Å². The third-order valence-electron chi connectivity index (χ3n) is 4.52. The third-order valence-corrected chi connectivity index (χ3v) is 4.52. The molecule has 0 aliphatic carbocycles. The summed E-state index contributed by atoms with van der Waals surface area (Å²) >= 11 is 0. The molecule has 29 heavy (non-hydrogen) atoms. The average molecular weight is 396 g/mol. The number of hydrogen-bond donors (Lipinski definition) is 4. The van der Waals surface area contributed by atoms with Crippen LogP contribution in [0.3, 0.4) is 0 Å². The second-order valence-corrected chi connectivity index (χ2v) is 6.51. The lowest BCUT2D eigenvalue weighted by molar-refractivity contribution is 0.0953. The number of aromatic nitrogens is 4. The van der Waals surface area contributed by atoms with Crippen molar-refractivity contribution >= 4 is 16.8 Å². The number of benzene rings is 2. The van der Waals surface area contributed by atoms with E-state index >= 15 is 0 Å². The minimum Gasteiger partial charge on any atom is -0.352 e. The fraction of sp³-hybridized carbons (Fsp3) is 0.150.